The number of halogens is 1. The Labute approximate surface area is 132 Å². The van der Waals surface area contributed by atoms with E-state index in [9.17, 15) is 4.79 Å². The van der Waals surface area contributed by atoms with Gasteiger partial charge in [0.25, 0.3) is 0 Å². The maximum atomic E-state index is 11.7. The molecule has 5 nitrogen and oxygen atoms in total. The van der Waals surface area contributed by atoms with Crippen LogP contribution in [0.2, 0.25) is 5.02 Å². The number of nitrogens with zero attached hydrogens (tertiary/aromatic N) is 1. The number of hydrogen-bond acceptors (Lipinski definition) is 4. The van der Waals surface area contributed by atoms with Gasteiger partial charge in [0, 0.05) is 10.7 Å². The number of rotatable bonds is 4. The Morgan fingerprint density at radius 3 is 2.77 bits per heavy atom. The molecule has 22 heavy (non-hydrogen) atoms. The van der Waals surface area contributed by atoms with Gasteiger partial charge in [0.15, 0.2) is 0 Å². The molecular formula is C16H14ClN3O2. The number of imidazole rings is 1. The molecule has 2 N–H and O–H groups in total. The number of ether oxygens (including phenoxy) is 1. The summed E-state index contributed by atoms with van der Waals surface area (Å²) in [5.74, 6) is 0.254. The minimum atomic E-state index is -0.341. The van der Waals surface area contributed by atoms with Crippen molar-refractivity contribution < 1.29 is 9.53 Å². The normalized spacial score (nSPS) is 10.6. The summed E-state index contributed by atoms with van der Waals surface area (Å²) < 4.78 is 4.99. The Balaban J connectivity index is 1.86. The highest BCUT2D eigenvalue weighted by molar-refractivity contribution is 6.30. The van der Waals surface area contributed by atoms with Crippen molar-refractivity contribution in [1.29, 1.82) is 0 Å². The van der Waals surface area contributed by atoms with Gasteiger partial charge >= 0.3 is 5.97 Å². The lowest BCUT2D eigenvalue weighted by Crippen LogP contribution is -2.04. The smallest absolute Gasteiger partial charge is 0.338 e. The Hall–Kier alpha value is -2.53. The number of aromatic nitrogens is 2. The summed E-state index contributed by atoms with van der Waals surface area (Å²) in [7, 11) is 0. The first-order valence-corrected chi connectivity index (χ1v) is 7.23. The van der Waals surface area contributed by atoms with Crippen molar-refractivity contribution >= 4 is 40.2 Å². The second kappa shape index (κ2) is 6.07. The highest BCUT2D eigenvalue weighted by atomic mass is 35.5. The lowest BCUT2D eigenvalue weighted by atomic mass is 10.2. The molecule has 112 valence electrons. The van der Waals surface area contributed by atoms with Crippen LogP contribution in [0.15, 0.2) is 42.5 Å². The molecule has 0 radical (unpaired) electrons. The number of benzene rings is 2. The number of nitrogens with one attached hydrogen (secondary N) is 2. The van der Waals surface area contributed by atoms with Crippen molar-refractivity contribution in [3.05, 3.63) is 53.1 Å². The van der Waals surface area contributed by atoms with Crippen LogP contribution in [0.25, 0.3) is 11.0 Å². The molecule has 0 spiro atoms. The standard InChI is InChI=1S/C16H14ClN3O2/c1-2-22-15(21)10-3-8-13-14(9-10)20-16(19-13)18-12-6-4-11(17)5-7-12/h3-9H,2H2,1H3,(H2,18,19,20). The van der Waals surface area contributed by atoms with E-state index in [4.69, 9.17) is 16.3 Å². The van der Waals surface area contributed by atoms with Gasteiger partial charge in [-0.3, -0.25) is 0 Å². The summed E-state index contributed by atoms with van der Waals surface area (Å²) >= 11 is 5.86. The minimum absolute atomic E-state index is 0.341. The Morgan fingerprint density at radius 2 is 2.05 bits per heavy atom. The van der Waals surface area contributed by atoms with Gasteiger partial charge in [-0.1, -0.05) is 11.6 Å². The molecule has 0 aliphatic rings. The van der Waals surface area contributed by atoms with Crippen molar-refractivity contribution in [2.24, 2.45) is 0 Å². The molecule has 2 aromatic carbocycles. The largest absolute Gasteiger partial charge is 0.462 e. The van der Waals surface area contributed by atoms with Gasteiger partial charge in [0.05, 0.1) is 23.2 Å². The number of fused-ring (bicyclic) bond motifs is 1. The SMILES string of the molecule is CCOC(=O)c1ccc2nc(Nc3ccc(Cl)cc3)[nH]c2c1. The Kier molecular flexibility index (Phi) is 3.98. The fraction of sp³-hybridized carbons (Fsp3) is 0.125. The predicted octanol–water partition coefficient (Wildman–Crippen LogP) is 4.14. The average molecular weight is 316 g/mol. The van der Waals surface area contributed by atoms with Crippen molar-refractivity contribution in [2.75, 3.05) is 11.9 Å². The van der Waals surface area contributed by atoms with Crippen LogP contribution in [0.5, 0.6) is 0 Å². The first-order valence-electron chi connectivity index (χ1n) is 6.85. The first kappa shape index (κ1) is 14.4. The van der Waals surface area contributed by atoms with Gasteiger partial charge in [-0.05, 0) is 49.4 Å². The van der Waals surface area contributed by atoms with Gasteiger partial charge in [0.1, 0.15) is 0 Å². The van der Waals surface area contributed by atoms with Crippen molar-refractivity contribution in [1.82, 2.24) is 9.97 Å². The van der Waals surface area contributed by atoms with Crippen LogP contribution >= 0.6 is 11.6 Å². The molecule has 0 fully saturated rings. The second-order valence-electron chi connectivity index (χ2n) is 4.67. The summed E-state index contributed by atoms with van der Waals surface area (Å²) in [5, 5.41) is 3.83. The first-order chi connectivity index (χ1) is 10.7. The molecule has 0 unspecified atom stereocenters. The molecule has 6 heteroatoms. The molecule has 1 aromatic heterocycles. The molecule has 0 bridgehead atoms. The summed E-state index contributed by atoms with van der Waals surface area (Å²) in [6.45, 7) is 2.13. The molecule has 1 heterocycles. The zero-order chi connectivity index (χ0) is 15.5. The van der Waals surface area contributed by atoms with Gasteiger partial charge in [-0.2, -0.15) is 0 Å². The molecule has 0 saturated heterocycles. The maximum absolute atomic E-state index is 11.7. The topological polar surface area (TPSA) is 67.0 Å². The molecule has 0 aliphatic carbocycles. The summed E-state index contributed by atoms with van der Waals surface area (Å²) in [5.41, 5.74) is 2.90. The number of aromatic amines is 1. The van der Waals surface area contributed by atoms with Crippen molar-refractivity contribution in [3.63, 3.8) is 0 Å². The Morgan fingerprint density at radius 1 is 1.27 bits per heavy atom. The van der Waals surface area contributed by atoms with E-state index >= 15 is 0 Å². The van der Waals surface area contributed by atoms with E-state index in [1.165, 1.54) is 0 Å². The third-order valence-corrected chi connectivity index (χ3v) is 3.35. The summed E-state index contributed by atoms with van der Waals surface area (Å²) in [4.78, 5) is 19.3. The molecule has 0 atom stereocenters. The number of H-pyrrole nitrogens is 1. The number of hydrogen-bond donors (Lipinski definition) is 2. The molecule has 0 aliphatic heterocycles. The van der Waals surface area contributed by atoms with Crippen LogP contribution in [-0.4, -0.2) is 22.5 Å². The third-order valence-electron chi connectivity index (χ3n) is 3.10. The minimum Gasteiger partial charge on any atom is -0.462 e. The molecule has 3 aromatic rings. The van der Waals surface area contributed by atoms with E-state index in [2.05, 4.69) is 15.3 Å². The molecule has 0 amide bonds. The number of anilines is 2. The van der Waals surface area contributed by atoms with E-state index in [-0.39, 0.29) is 5.97 Å². The van der Waals surface area contributed by atoms with Crippen LogP contribution in [0, 0.1) is 0 Å². The fourth-order valence-electron chi connectivity index (χ4n) is 2.08. The van der Waals surface area contributed by atoms with Crippen LogP contribution in [0.1, 0.15) is 17.3 Å². The van der Waals surface area contributed by atoms with Gasteiger partial charge in [-0.25, -0.2) is 9.78 Å². The van der Waals surface area contributed by atoms with Crippen molar-refractivity contribution in [3.8, 4) is 0 Å². The van der Waals surface area contributed by atoms with Gasteiger partial charge < -0.3 is 15.0 Å². The van der Waals surface area contributed by atoms with E-state index < -0.39 is 0 Å². The average Bonchev–Trinajstić information content (AvgIpc) is 2.91. The van der Waals surface area contributed by atoms with E-state index in [0.29, 0.717) is 23.1 Å². The summed E-state index contributed by atoms with van der Waals surface area (Å²) in [6.07, 6.45) is 0. The lowest BCUT2D eigenvalue weighted by Gasteiger charge is -2.01. The zero-order valence-electron chi connectivity index (χ0n) is 11.9. The fourth-order valence-corrected chi connectivity index (χ4v) is 2.21. The number of carbonyl (C=O) groups excluding carboxylic acids is 1. The summed E-state index contributed by atoms with van der Waals surface area (Å²) in [6, 6.07) is 12.5. The van der Waals surface area contributed by atoms with Crippen LogP contribution < -0.4 is 5.32 Å². The molecule has 0 saturated carbocycles. The van der Waals surface area contributed by atoms with Crippen molar-refractivity contribution in [2.45, 2.75) is 6.92 Å². The van der Waals surface area contributed by atoms with Crippen LogP contribution in [-0.2, 0) is 4.74 Å². The highest BCUT2D eigenvalue weighted by Gasteiger charge is 2.09. The molecular weight excluding hydrogens is 302 g/mol. The maximum Gasteiger partial charge on any atom is 0.338 e. The monoisotopic (exact) mass is 315 g/mol. The third kappa shape index (κ3) is 3.04. The molecule has 3 rings (SSSR count). The predicted molar refractivity (Wildman–Crippen MR) is 86.8 cm³/mol. The van der Waals surface area contributed by atoms with Crippen LogP contribution in [0.3, 0.4) is 0 Å². The van der Waals surface area contributed by atoms with E-state index in [1.807, 2.05) is 12.1 Å². The zero-order valence-corrected chi connectivity index (χ0v) is 12.6. The lowest BCUT2D eigenvalue weighted by molar-refractivity contribution is 0.0526. The van der Waals surface area contributed by atoms with E-state index in [1.54, 1.807) is 37.3 Å². The Bertz CT molecular complexity index is 812. The number of esters is 1. The highest BCUT2D eigenvalue weighted by Crippen LogP contribution is 2.21. The van der Waals surface area contributed by atoms with E-state index in [0.717, 1.165) is 16.7 Å². The van der Waals surface area contributed by atoms with Gasteiger partial charge in [-0.15, -0.1) is 0 Å². The van der Waals surface area contributed by atoms with Gasteiger partial charge in [0.2, 0.25) is 5.95 Å². The quantitative estimate of drug-likeness (QED) is 0.710. The number of carbonyl (C=O) groups is 1. The second-order valence-corrected chi connectivity index (χ2v) is 5.11. The van der Waals surface area contributed by atoms with Crippen LogP contribution in [0.4, 0.5) is 11.6 Å².